The molecule has 0 radical (unpaired) electrons. The van der Waals surface area contributed by atoms with Gasteiger partial charge in [-0.05, 0) is 57.6 Å². The summed E-state index contributed by atoms with van der Waals surface area (Å²) < 4.78 is 5.79. The van der Waals surface area contributed by atoms with E-state index in [2.05, 4.69) is 30.7 Å². The molecule has 142 valence electrons. The summed E-state index contributed by atoms with van der Waals surface area (Å²) in [7, 11) is 0. The summed E-state index contributed by atoms with van der Waals surface area (Å²) >= 11 is 1.96. The molecule has 2 N–H and O–H groups in total. The minimum absolute atomic E-state index is 0. The molecule has 2 fully saturated rings. The van der Waals surface area contributed by atoms with Gasteiger partial charge in [0.25, 0.3) is 0 Å². The minimum Gasteiger partial charge on any atom is -0.381 e. The predicted octanol–water partition coefficient (Wildman–Crippen LogP) is 4.04. The molecule has 1 aliphatic heterocycles. The Morgan fingerprint density at radius 1 is 1.17 bits per heavy atom. The number of hydrogen-bond acceptors (Lipinski definition) is 3. The topological polar surface area (TPSA) is 45.7 Å². The highest BCUT2D eigenvalue weighted by atomic mass is 127. The van der Waals surface area contributed by atoms with E-state index in [9.17, 15) is 0 Å². The molecule has 0 aromatic heterocycles. The second kappa shape index (κ2) is 11.8. The Balaban J connectivity index is 0.00000288. The van der Waals surface area contributed by atoms with Crippen molar-refractivity contribution >= 4 is 41.7 Å². The second-order valence-electron chi connectivity index (χ2n) is 6.96. The SMILES string of the molecule is CCNC(=NCC1(SC)CCOCC1)NC1CCC(CC)CC1.I. The number of hydrogen-bond donors (Lipinski definition) is 2. The maximum atomic E-state index is 5.53. The average molecular weight is 469 g/mol. The van der Waals surface area contributed by atoms with Crippen molar-refractivity contribution in [1.29, 1.82) is 0 Å². The number of halogens is 1. The van der Waals surface area contributed by atoms with Crippen LogP contribution in [0.4, 0.5) is 0 Å². The summed E-state index contributed by atoms with van der Waals surface area (Å²) in [6.07, 6.45) is 11.1. The Kier molecular flexibility index (Phi) is 11.0. The van der Waals surface area contributed by atoms with Crippen molar-refractivity contribution in [2.24, 2.45) is 10.9 Å². The first-order valence-electron chi connectivity index (χ1n) is 9.39. The van der Waals surface area contributed by atoms with Crippen LogP contribution in [-0.2, 0) is 4.74 Å². The molecule has 1 saturated carbocycles. The summed E-state index contributed by atoms with van der Waals surface area (Å²) in [5.41, 5.74) is 0. The average Bonchev–Trinajstić information content (AvgIpc) is 2.61. The first kappa shape index (κ1) is 22.4. The normalized spacial score (nSPS) is 27.2. The third kappa shape index (κ3) is 6.90. The molecule has 4 nitrogen and oxygen atoms in total. The Labute approximate surface area is 169 Å². The van der Waals surface area contributed by atoms with Crippen molar-refractivity contribution in [2.75, 3.05) is 32.6 Å². The van der Waals surface area contributed by atoms with Crippen LogP contribution in [0, 0.1) is 5.92 Å². The number of ether oxygens (including phenoxy) is 1. The maximum Gasteiger partial charge on any atom is 0.191 e. The van der Waals surface area contributed by atoms with Crippen LogP contribution in [0.1, 0.15) is 58.8 Å². The third-order valence-electron chi connectivity index (χ3n) is 5.47. The highest BCUT2D eigenvalue weighted by molar-refractivity contribution is 14.0. The smallest absolute Gasteiger partial charge is 0.191 e. The summed E-state index contributed by atoms with van der Waals surface area (Å²) in [5, 5.41) is 7.12. The number of thioether (sulfide) groups is 1. The summed E-state index contributed by atoms with van der Waals surface area (Å²) in [6.45, 7) is 8.02. The van der Waals surface area contributed by atoms with Gasteiger partial charge in [0.1, 0.15) is 0 Å². The maximum absolute atomic E-state index is 5.53. The van der Waals surface area contributed by atoms with Crippen molar-refractivity contribution in [3.8, 4) is 0 Å². The lowest BCUT2D eigenvalue weighted by Crippen LogP contribution is -2.46. The van der Waals surface area contributed by atoms with Crippen molar-refractivity contribution in [2.45, 2.75) is 69.6 Å². The molecule has 0 unspecified atom stereocenters. The molecule has 0 aromatic rings. The van der Waals surface area contributed by atoms with Gasteiger partial charge >= 0.3 is 0 Å². The monoisotopic (exact) mass is 469 g/mol. The summed E-state index contributed by atoms with van der Waals surface area (Å²) in [6, 6.07) is 0.593. The number of rotatable bonds is 6. The van der Waals surface area contributed by atoms with Crippen LogP contribution in [0.15, 0.2) is 4.99 Å². The van der Waals surface area contributed by atoms with Crippen LogP contribution in [0.5, 0.6) is 0 Å². The van der Waals surface area contributed by atoms with Gasteiger partial charge in [-0.1, -0.05) is 13.3 Å². The highest BCUT2D eigenvalue weighted by Crippen LogP contribution is 2.34. The van der Waals surface area contributed by atoms with Gasteiger partial charge in [-0.2, -0.15) is 11.8 Å². The van der Waals surface area contributed by atoms with E-state index in [4.69, 9.17) is 9.73 Å². The van der Waals surface area contributed by atoms with E-state index in [1.807, 2.05) is 11.8 Å². The van der Waals surface area contributed by atoms with Crippen LogP contribution in [0.25, 0.3) is 0 Å². The van der Waals surface area contributed by atoms with Gasteiger partial charge in [-0.25, -0.2) is 0 Å². The lowest BCUT2D eigenvalue weighted by Gasteiger charge is -2.35. The molecule has 0 aromatic carbocycles. The molecule has 0 atom stereocenters. The zero-order chi connectivity index (χ0) is 16.5. The zero-order valence-corrected chi connectivity index (χ0v) is 18.8. The van der Waals surface area contributed by atoms with Crippen LogP contribution in [0.2, 0.25) is 0 Å². The molecule has 0 bridgehead atoms. The van der Waals surface area contributed by atoms with E-state index in [0.717, 1.165) is 51.0 Å². The van der Waals surface area contributed by atoms with Crippen LogP contribution in [-0.4, -0.2) is 49.3 Å². The molecule has 1 aliphatic carbocycles. The first-order valence-corrected chi connectivity index (χ1v) is 10.6. The fraction of sp³-hybridized carbons (Fsp3) is 0.944. The van der Waals surface area contributed by atoms with E-state index in [-0.39, 0.29) is 28.7 Å². The molecule has 2 rings (SSSR count). The predicted molar refractivity (Wildman–Crippen MR) is 117 cm³/mol. The van der Waals surface area contributed by atoms with Gasteiger partial charge in [0.2, 0.25) is 0 Å². The van der Waals surface area contributed by atoms with Gasteiger partial charge in [-0.3, -0.25) is 4.99 Å². The number of aliphatic imine (C=N–C) groups is 1. The Hall–Kier alpha value is 0.310. The van der Waals surface area contributed by atoms with Gasteiger partial charge in [-0.15, -0.1) is 24.0 Å². The van der Waals surface area contributed by atoms with Crippen LogP contribution >= 0.6 is 35.7 Å². The van der Waals surface area contributed by atoms with E-state index in [1.54, 1.807) is 0 Å². The van der Waals surface area contributed by atoms with Crippen molar-refractivity contribution < 1.29 is 4.74 Å². The largest absolute Gasteiger partial charge is 0.381 e. The van der Waals surface area contributed by atoms with Crippen molar-refractivity contribution in [3.05, 3.63) is 0 Å². The Morgan fingerprint density at radius 2 is 1.83 bits per heavy atom. The molecular weight excluding hydrogens is 433 g/mol. The molecule has 2 aliphatic rings. The van der Waals surface area contributed by atoms with Gasteiger partial charge in [0.05, 0.1) is 6.54 Å². The lowest BCUT2D eigenvalue weighted by atomic mass is 9.84. The van der Waals surface area contributed by atoms with E-state index >= 15 is 0 Å². The van der Waals surface area contributed by atoms with E-state index < -0.39 is 0 Å². The third-order valence-corrected chi connectivity index (χ3v) is 6.87. The Bertz CT molecular complexity index is 367. The van der Waals surface area contributed by atoms with Crippen LogP contribution < -0.4 is 10.6 Å². The van der Waals surface area contributed by atoms with Gasteiger partial charge in [0, 0.05) is 30.5 Å². The molecule has 0 amide bonds. The number of guanidine groups is 1. The first-order chi connectivity index (χ1) is 11.2. The molecule has 6 heteroatoms. The summed E-state index contributed by atoms with van der Waals surface area (Å²) in [4.78, 5) is 4.93. The highest BCUT2D eigenvalue weighted by Gasteiger charge is 2.31. The fourth-order valence-electron chi connectivity index (χ4n) is 3.62. The molecule has 1 heterocycles. The Morgan fingerprint density at radius 3 is 2.38 bits per heavy atom. The minimum atomic E-state index is 0. The molecular formula is C18H36IN3OS. The molecule has 1 saturated heterocycles. The molecule has 0 spiro atoms. The van der Waals surface area contributed by atoms with Gasteiger partial charge < -0.3 is 15.4 Å². The lowest BCUT2D eigenvalue weighted by molar-refractivity contribution is 0.0794. The summed E-state index contributed by atoms with van der Waals surface area (Å²) in [5.74, 6) is 1.95. The van der Waals surface area contributed by atoms with Gasteiger partial charge in [0.15, 0.2) is 5.96 Å². The van der Waals surface area contributed by atoms with E-state index in [1.165, 1.54) is 32.1 Å². The number of nitrogens with one attached hydrogen (secondary N) is 2. The standard InChI is InChI=1S/C18H35N3OS.HI/c1-4-15-6-8-16(9-7-15)21-17(19-5-2)20-14-18(23-3)10-12-22-13-11-18;/h15-16H,4-14H2,1-3H3,(H2,19,20,21);1H. The molecule has 24 heavy (non-hydrogen) atoms. The van der Waals surface area contributed by atoms with Crippen molar-refractivity contribution in [3.63, 3.8) is 0 Å². The van der Waals surface area contributed by atoms with Crippen LogP contribution in [0.3, 0.4) is 0 Å². The van der Waals surface area contributed by atoms with E-state index in [0.29, 0.717) is 6.04 Å². The second-order valence-corrected chi connectivity index (χ2v) is 8.24. The fourth-order valence-corrected chi connectivity index (χ4v) is 4.39. The zero-order valence-electron chi connectivity index (χ0n) is 15.6. The quantitative estimate of drug-likeness (QED) is 0.350. The van der Waals surface area contributed by atoms with Crippen molar-refractivity contribution in [1.82, 2.24) is 10.6 Å². The number of nitrogens with zero attached hydrogens (tertiary/aromatic N) is 1.